The molecule has 0 fully saturated rings. The van der Waals surface area contributed by atoms with E-state index in [9.17, 15) is 5.11 Å². The lowest BCUT2D eigenvalue weighted by Gasteiger charge is -2.22. The number of hydrogen-bond donors (Lipinski definition) is 2. The summed E-state index contributed by atoms with van der Waals surface area (Å²) < 4.78 is 0. The van der Waals surface area contributed by atoms with Crippen LogP contribution in [0.1, 0.15) is 24.5 Å². The van der Waals surface area contributed by atoms with Crippen LogP contribution in [0, 0.1) is 0 Å². The summed E-state index contributed by atoms with van der Waals surface area (Å²) in [5.74, 6) is 0. The predicted molar refractivity (Wildman–Crippen MR) is 62.0 cm³/mol. The Morgan fingerprint density at radius 1 is 1.27 bits per heavy atom. The highest BCUT2D eigenvalue weighted by Gasteiger charge is 2.34. The molecule has 0 atom stereocenters. The van der Waals surface area contributed by atoms with Crippen molar-refractivity contribution in [2.45, 2.75) is 31.8 Å². The summed E-state index contributed by atoms with van der Waals surface area (Å²) in [6.45, 7) is 3.83. The Morgan fingerprint density at radius 3 is 2.40 bits per heavy atom. The summed E-state index contributed by atoms with van der Waals surface area (Å²) in [6, 6.07) is 8.33. The van der Waals surface area contributed by atoms with Crippen LogP contribution in [0.25, 0.3) is 0 Å². The van der Waals surface area contributed by atoms with E-state index in [4.69, 9.17) is 0 Å². The van der Waals surface area contributed by atoms with Crippen molar-refractivity contribution in [2.24, 2.45) is 0 Å². The molecule has 0 saturated heterocycles. The normalized spacial score (nSPS) is 17.7. The van der Waals surface area contributed by atoms with E-state index in [1.54, 1.807) is 0 Å². The molecule has 0 saturated carbocycles. The van der Waals surface area contributed by atoms with E-state index in [0.717, 1.165) is 25.8 Å². The molecule has 2 heteroatoms. The van der Waals surface area contributed by atoms with E-state index in [0.29, 0.717) is 6.54 Å². The lowest BCUT2D eigenvalue weighted by Crippen LogP contribution is -2.41. The van der Waals surface area contributed by atoms with Crippen molar-refractivity contribution in [3.8, 4) is 0 Å². The predicted octanol–water partition coefficient (Wildman–Crippen LogP) is 1.52. The number of nitrogens with one attached hydrogen (secondary N) is 1. The largest absolute Gasteiger partial charge is 0.388 e. The summed E-state index contributed by atoms with van der Waals surface area (Å²) in [6.07, 6.45) is 2.70. The Bertz CT molecular complexity index is 310. The van der Waals surface area contributed by atoms with Crippen LogP contribution in [0.3, 0.4) is 0 Å². The molecule has 0 bridgehead atoms. The fourth-order valence-electron chi connectivity index (χ4n) is 2.30. The van der Waals surface area contributed by atoms with Gasteiger partial charge in [0.05, 0.1) is 5.60 Å². The lowest BCUT2D eigenvalue weighted by atomic mass is 10.0. The van der Waals surface area contributed by atoms with Crippen LogP contribution in [0.2, 0.25) is 0 Å². The van der Waals surface area contributed by atoms with Gasteiger partial charge < -0.3 is 10.4 Å². The van der Waals surface area contributed by atoms with Crippen molar-refractivity contribution >= 4 is 0 Å². The molecule has 0 unspecified atom stereocenters. The zero-order chi connectivity index (χ0) is 10.7. The van der Waals surface area contributed by atoms with E-state index in [-0.39, 0.29) is 0 Å². The Morgan fingerprint density at radius 2 is 1.87 bits per heavy atom. The molecule has 2 N–H and O–H groups in total. The Hall–Kier alpha value is -0.860. The van der Waals surface area contributed by atoms with Gasteiger partial charge in [-0.25, -0.2) is 0 Å². The summed E-state index contributed by atoms with van der Waals surface area (Å²) in [7, 11) is 0. The topological polar surface area (TPSA) is 32.3 Å². The Labute approximate surface area is 91.3 Å². The first-order valence-corrected chi connectivity index (χ1v) is 5.73. The summed E-state index contributed by atoms with van der Waals surface area (Å²) >= 11 is 0. The third-order valence-electron chi connectivity index (χ3n) is 3.04. The molecule has 0 aromatic heterocycles. The van der Waals surface area contributed by atoms with E-state index < -0.39 is 5.60 Å². The van der Waals surface area contributed by atoms with Gasteiger partial charge in [-0.05, 0) is 24.1 Å². The van der Waals surface area contributed by atoms with Gasteiger partial charge in [0.25, 0.3) is 0 Å². The molecular formula is C13H19NO. The van der Waals surface area contributed by atoms with Gasteiger partial charge in [0, 0.05) is 19.4 Å². The van der Waals surface area contributed by atoms with Gasteiger partial charge in [0.1, 0.15) is 0 Å². The molecule has 0 amide bonds. The fraction of sp³-hybridized carbons (Fsp3) is 0.538. The molecule has 1 aromatic carbocycles. The number of hydrogen-bond acceptors (Lipinski definition) is 2. The van der Waals surface area contributed by atoms with Gasteiger partial charge in [-0.15, -0.1) is 0 Å². The molecule has 1 aromatic rings. The van der Waals surface area contributed by atoms with Gasteiger partial charge >= 0.3 is 0 Å². The summed E-state index contributed by atoms with van der Waals surface area (Å²) in [5.41, 5.74) is 2.05. The molecule has 1 aliphatic carbocycles. The number of aliphatic hydroxyl groups is 1. The highest BCUT2D eigenvalue weighted by Crippen LogP contribution is 2.29. The first-order chi connectivity index (χ1) is 7.23. The van der Waals surface area contributed by atoms with E-state index in [2.05, 4.69) is 24.4 Å². The highest BCUT2D eigenvalue weighted by molar-refractivity contribution is 5.35. The third-order valence-corrected chi connectivity index (χ3v) is 3.04. The molecule has 0 spiro atoms. The van der Waals surface area contributed by atoms with Crippen LogP contribution in [0.4, 0.5) is 0 Å². The first kappa shape index (κ1) is 10.7. The monoisotopic (exact) mass is 205 g/mol. The molecule has 2 nitrogen and oxygen atoms in total. The zero-order valence-corrected chi connectivity index (χ0v) is 9.29. The molecule has 82 valence electrons. The maximum atomic E-state index is 10.4. The van der Waals surface area contributed by atoms with Crippen LogP contribution in [-0.2, 0) is 12.8 Å². The van der Waals surface area contributed by atoms with Crippen molar-refractivity contribution in [3.05, 3.63) is 35.4 Å². The number of rotatable bonds is 4. The highest BCUT2D eigenvalue weighted by atomic mass is 16.3. The minimum absolute atomic E-state index is 0.557. The Balaban J connectivity index is 1.98. The van der Waals surface area contributed by atoms with Gasteiger partial charge in [-0.1, -0.05) is 31.2 Å². The number of fused-ring (bicyclic) bond motifs is 1. The van der Waals surface area contributed by atoms with Gasteiger partial charge in [0.2, 0.25) is 0 Å². The standard InChI is InChI=1S/C13H19NO/c1-2-7-14-10-13(15)8-11-5-3-4-6-12(11)9-13/h3-6,14-15H,2,7-10H2,1H3. The van der Waals surface area contributed by atoms with Crippen molar-refractivity contribution in [2.75, 3.05) is 13.1 Å². The van der Waals surface area contributed by atoms with Crippen molar-refractivity contribution < 1.29 is 5.11 Å². The molecule has 15 heavy (non-hydrogen) atoms. The molecule has 2 rings (SSSR count). The lowest BCUT2D eigenvalue weighted by molar-refractivity contribution is 0.0515. The molecule has 1 aliphatic rings. The maximum absolute atomic E-state index is 10.4. The molecule has 0 aliphatic heterocycles. The van der Waals surface area contributed by atoms with Crippen molar-refractivity contribution in [3.63, 3.8) is 0 Å². The van der Waals surface area contributed by atoms with E-state index in [1.807, 2.05) is 12.1 Å². The first-order valence-electron chi connectivity index (χ1n) is 5.73. The van der Waals surface area contributed by atoms with Gasteiger partial charge in [0.15, 0.2) is 0 Å². The minimum atomic E-state index is -0.557. The van der Waals surface area contributed by atoms with Crippen LogP contribution in [0.15, 0.2) is 24.3 Å². The second-order valence-corrected chi connectivity index (χ2v) is 4.52. The second-order valence-electron chi connectivity index (χ2n) is 4.52. The SMILES string of the molecule is CCCNCC1(O)Cc2ccccc2C1. The second kappa shape index (κ2) is 4.33. The summed E-state index contributed by atoms with van der Waals surface area (Å²) in [5, 5.41) is 13.7. The van der Waals surface area contributed by atoms with Crippen molar-refractivity contribution in [1.82, 2.24) is 5.32 Å². The average molecular weight is 205 g/mol. The van der Waals surface area contributed by atoms with Crippen LogP contribution in [-0.4, -0.2) is 23.8 Å². The average Bonchev–Trinajstić information content (AvgIpc) is 2.54. The smallest absolute Gasteiger partial charge is 0.0851 e. The molecule has 0 heterocycles. The third kappa shape index (κ3) is 2.39. The van der Waals surface area contributed by atoms with Gasteiger partial charge in [-0.3, -0.25) is 0 Å². The van der Waals surface area contributed by atoms with Crippen LogP contribution >= 0.6 is 0 Å². The quantitative estimate of drug-likeness (QED) is 0.730. The molecular weight excluding hydrogens is 186 g/mol. The zero-order valence-electron chi connectivity index (χ0n) is 9.29. The van der Waals surface area contributed by atoms with E-state index in [1.165, 1.54) is 11.1 Å². The maximum Gasteiger partial charge on any atom is 0.0851 e. The molecule has 0 radical (unpaired) electrons. The fourth-order valence-corrected chi connectivity index (χ4v) is 2.30. The number of benzene rings is 1. The Kier molecular flexibility index (Phi) is 3.08. The minimum Gasteiger partial charge on any atom is -0.388 e. The van der Waals surface area contributed by atoms with Gasteiger partial charge in [-0.2, -0.15) is 0 Å². The van der Waals surface area contributed by atoms with Crippen LogP contribution < -0.4 is 5.32 Å². The van der Waals surface area contributed by atoms with E-state index >= 15 is 0 Å². The van der Waals surface area contributed by atoms with Crippen LogP contribution in [0.5, 0.6) is 0 Å². The summed E-state index contributed by atoms with van der Waals surface area (Å²) in [4.78, 5) is 0. The van der Waals surface area contributed by atoms with Crippen molar-refractivity contribution in [1.29, 1.82) is 0 Å².